The number of rotatable bonds is 5. The molecule has 0 saturated carbocycles. The van der Waals surface area contributed by atoms with Crippen molar-refractivity contribution in [3.8, 4) is 0 Å². The van der Waals surface area contributed by atoms with Crippen molar-refractivity contribution in [2.75, 3.05) is 32.8 Å². The Hall–Kier alpha value is -1.88. The number of nitrogens with zero attached hydrogens (tertiary/aromatic N) is 2. The molecule has 5 heteroatoms. The van der Waals surface area contributed by atoms with E-state index >= 15 is 0 Å². The molecule has 0 atom stereocenters. The molecule has 2 fully saturated rings. The SMILES string of the molecule is O=C(COCc1ccccc1)N1CCC(C(=O)N2CCCCC2)CC1. The smallest absolute Gasteiger partial charge is 0.248 e. The lowest BCUT2D eigenvalue weighted by molar-refractivity contribution is -0.143. The Bertz CT molecular complexity index is 562. The first-order chi connectivity index (χ1) is 12.2. The number of hydrogen-bond acceptors (Lipinski definition) is 3. The van der Waals surface area contributed by atoms with E-state index < -0.39 is 0 Å². The highest BCUT2D eigenvalue weighted by molar-refractivity contribution is 5.80. The van der Waals surface area contributed by atoms with Crippen molar-refractivity contribution >= 4 is 11.8 Å². The second kappa shape index (κ2) is 8.99. The van der Waals surface area contributed by atoms with Crippen LogP contribution in [0.5, 0.6) is 0 Å². The molecule has 2 aliphatic heterocycles. The molecule has 5 nitrogen and oxygen atoms in total. The maximum absolute atomic E-state index is 12.6. The van der Waals surface area contributed by atoms with Crippen molar-refractivity contribution in [3.63, 3.8) is 0 Å². The molecule has 1 aromatic rings. The van der Waals surface area contributed by atoms with Crippen LogP contribution in [-0.2, 0) is 20.9 Å². The van der Waals surface area contributed by atoms with Crippen molar-refractivity contribution < 1.29 is 14.3 Å². The number of benzene rings is 1. The lowest BCUT2D eigenvalue weighted by Crippen LogP contribution is -2.46. The molecule has 0 unspecified atom stereocenters. The summed E-state index contributed by atoms with van der Waals surface area (Å²) in [6, 6.07) is 9.86. The molecular weight excluding hydrogens is 316 g/mol. The zero-order chi connectivity index (χ0) is 17.5. The molecule has 1 aromatic carbocycles. The molecule has 136 valence electrons. The van der Waals surface area contributed by atoms with Gasteiger partial charge in [0, 0.05) is 32.1 Å². The average Bonchev–Trinajstić information content (AvgIpc) is 2.69. The predicted molar refractivity (Wildman–Crippen MR) is 95.8 cm³/mol. The molecule has 0 radical (unpaired) electrons. The third kappa shape index (κ3) is 5.05. The first kappa shape index (κ1) is 17.9. The normalized spacial score (nSPS) is 19.0. The van der Waals surface area contributed by atoms with Gasteiger partial charge in [0.05, 0.1) is 6.61 Å². The molecule has 2 amide bonds. The van der Waals surface area contributed by atoms with Crippen LogP contribution in [0.25, 0.3) is 0 Å². The summed E-state index contributed by atoms with van der Waals surface area (Å²) in [6.07, 6.45) is 5.04. The molecule has 2 heterocycles. The van der Waals surface area contributed by atoms with Crippen LogP contribution in [0, 0.1) is 5.92 Å². The summed E-state index contributed by atoms with van der Waals surface area (Å²) >= 11 is 0. The topological polar surface area (TPSA) is 49.9 Å². The van der Waals surface area contributed by atoms with Crippen LogP contribution in [-0.4, -0.2) is 54.4 Å². The quantitative estimate of drug-likeness (QED) is 0.824. The van der Waals surface area contributed by atoms with E-state index in [9.17, 15) is 9.59 Å². The van der Waals surface area contributed by atoms with Crippen LogP contribution in [0.1, 0.15) is 37.7 Å². The fourth-order valence-electron chi connectivity index (χ4n) is 3.67. The van der Waals surface area contributed by atoms with Gasteiger partial charge in [-0.15, -0.1) is 0 Å². The van der Waals surface area contributed by atoms with E-state index in [1.807, 2.05) is 40.1 Å². The summed E-state index contributed by atoms with van der Waals surface area (Å²) in [5.41, 5.74) is 1.07. The number of ether oxygens (including phenoxy) is 1. The highest BCUT2D eigenvalue weighted by atomic mass is 16.5. The van der Waals surface area contributed by atoms with Crippen molar-refractivity contribution in [3.05, 3.63) is 35.9 Å². The van der Waals surface area contributed by atoms with E-state index in [1.54, 1.807) is 0 Å². The third-order valence-electron chi connectivity index (χ3n) is 5.20. The van der Waals surface area contributed by atoms with Gasteiger partial charge in [-0.1, -0.05) is 30.3 Å². The van der Waals surface area contributed by atoms with E-state index in [-0.39, 0.29) is 18.4 Å². The molecule has 2 saturated heterocycles. The molecular formula is C20H28N2O3. The van der Waals surface area contributed by atoms with Crippen LogP contribution in [0.2, 0.25) is 0 Å². The van der Waals surface area contributed by atoms with Crippen LogP contribution in [0.15, 0.2) is 30.3 Å². The summed E-state index contributed by atoms with van der Waals surface area (Å²) in [5, 5.41) is 0. The average molecular weight is 344 g/mol. The number of amides is 2. The van der Waals surface area contributed by atoms with Crippen molar-refractivity contribution in [2.24, 2.45) is 5.92 Å². The maximum Gasteiger partial charge on any atom is 0.248 e. The molecule has 0 aromatic heterocycles. The predicted octanol–water partition coefficient (Wildman–Crippen LogP) is 2.45. The van der Waals surface area contributed by atoms with E-state index in [0.717, 1.165) is 44.3 Å². The Morgan fingerprint density at radius 3 is 2.28 bits per heavy atom. The molecule has 2 aliphatic rings. The number of piperidine rings is 2. The molecule has 0 N–H and O–H groups in total. The van der Waals surface area contributed by atoms with E-state index in [2.05, 4.69) is 0 Å². The Kier molecular flexibility index (Phi) is 6.45. The monoisotopic (exact) mass is 344 g/mol. The highest BCUT2D eigenvalue weighted by Crippen LogP contribution is 2.22. The standard InChI is InChI=1S/C20H28N2O3/c23-19(16-25-15-17-7-3-1-4-8-17)21-13-9-18(10-14-21)20(24)22-11-5-2-6-12-22/h1,3-4,7-8,18H,2,5-6,9-16H2. The van der Waals surface area contributed by atoms with Crippen LogP contribution >= 0.6 is 0 Å². The van der Waals surface area contributed by atoms with Gasteiger partial charge in [-0.25, -0.2) is 0 Å². The Labute approximate surface area is 149 Å². The second-order valence-corrected chi connectivity index (χ2v) is 7.02. The van der Waals surface area contributed by atoms with Gasteiger partial charge < -0.3 is 14.5 Å². The van der Waals surface area contributed by atoms with Gasteiger partial charge in [0.1, 0.15) is 6.61 Å². The summed E-state index contributed by atoms with van der Waals surface area (Å²) in [6.45, 7) is 3.71. The Morgan fingerprint density at radius 1 is 0.920 bits per heavy atom. The molecule has 0 aliphatic carbocycles. The fraction of sp³-hybridized carbons (Fsp3) is 0.600. The lowest BCUT2D eigenvalue weighted by atomic mass is 9.94. The van der Waals surface area contributed by atoms with Crippen LogP contribution in [0.3, 0.4) is 0 Å². The van der Waals surface area contributed by atoms with Gasteiger partial charge in [-0.3, -0.25) is 9.59 Å². The molecule has 3 rings (SSSR count). The molecule has 25 heavy (non-hydrogen) atoms. The number of carbonyl (C=O) groups excluding carboxylic acids is 2. The van der Waals surface area contributed by atoms with Gasteiger partial charge in [0.25, 0.3) is 0 Å². The largest absolute Gasteiger partial charge is 0.367 e. The molecule has 0 spiro atoms. The van der Waals surface area contributed by atoms with Gasteiger partial charge in [-0.2, -0.15) is 0 Å². The minimum atomic E-state index is 0.0276. The van der Waals surface area contributed by atoms with Crippen molar-refractivity contribution in [1.82, 2.24) is 9.80 Å². The summed E-state index contributed by atoms with van der Waals surface area (Å²) in [5.74, 6) is 0.416. The lowest BCUT2D eigenvalue weighted by Gasteiger charge is -2.35. The van der Waals surface area contributed by atoms with Gasteiger partial charge >= 0.3 is 0 Å². The van der Waals surface area contributed by atoms with E-state index in [4.69, 9.17) is 4.74 Å². The van der Waals surface area contributed by atoms with Crippen LogP contribution < -0.4 is 0 Å². The molecule has 0 bridgehead atoms. The minimum absolute atomic E-state index is 0.0276. The highest BCUT2D eigenvalue weighted by Gasteiger charge is 2.30. The number of hydrogen-bond donors (Lipinski definition) is 0. The third-order valence-corrected chi connectivity index (χ3v) is 5.20. The van der Waals surface area contributed by atoms with Gasteiger partial charge in [0.2, 0.25) is 11.8 Å². The Balaban J connectivity index is 1.37. The fourth-order valence-corrected chi connectivity index (χ4v) is 3.67. The van der Waals surface area contributed by atoms with Crippen molar-refractivity contribution in [1.29, 1.82) is 0 Å². The summed E-state index contributed by atoms with van der Waals surface area (Å²) in [4.78, 5) is 28.7. The van der Waals surface area contributed by atoms with Gasteiger partial charge in [-0.05, 0) is 37.7 Å². The Morgan fingerprint density at radius 2 is 1.60 bits per heavy atom. The summed E-state index contributed by atoms with van der Waals surface area (Å²) in [7, 11) is 0. The number of likely N-dealkylation sites (tertiary alicyclic amines) is 2. The van der Waals surface area contributed by atoms with E-state index in [0.29, 0.717) is 25.6 Å². The van der Waals surface area contributed by atoms with E-state index in [1.165, 1.54) is 6.42 Å². The first-order valence-corrected chi connectivity index (χ1v) is 9.42. The van der Waals surface area contributed by atoms with Crippen molar-refractivity contribution in [2.45, 2.75) is 38.7 Å². The first-order valence-electron chi connectivity index (χ1n) is 9.42. The maximum atomic E-state index is 12.6. The zero-order valence-electron chi connectivity index (χ0n) is 14.9. The minimum Gasteiger partial charge on any atom is -0.367 e. The summed E-state index contributed by atoms with van der Waals surface area (Å²) < 4.78 is 5.54. The van der Waals surface area contributed by atoms with Crippen LogP contribution in [0.4, 0.5) is 0 Å². The zero-order valence-corrected chi connectivity index (χ0v) is 14.9. The number of carbonyl (C=O) groups is 2. The second-order valence-electron chi connectivity index (χ2n) is 7.02. The van der Waals surface area contributed by atoms with Gasteiger partial charge in [0.15, 0.2) is 0 Å².